The van der Waals surface area contributed by atoms with Crippen molar-refractivity contribution in [1.82, 2.24) is 19.9 Å². The number of aromatic nitrogens is 3. The number of anilines is 1. The molecule has 1 saturated heterocycles. The molecule has 0 aromatic carbocycles. The first-order chi connectivity index (χ1) is 12.0. The van der Waals surface area contributed by atoms with E-state index in [2.05, 4.69) is 26.8 Å². The van der Waals surface area contributed by atoms with Gasteiger partial charge in [0.1, 0.15) is 11.3 Å². The van der Waals surface area contributed by atoms with Gasteiger partial charge in [0, 0.05) is 37.3 Å². The number of hydrogen-bond acceptors (Lipinski definition) is 4. The number of H-pyrrole nitrogens is 1. The number of nitrogens with one attached hydrogen (secondary N) is 2. The predicted molar refractivity (Wildman–Crippen MR) is 89.6 cm³/mol. The molecular weight excluding hydrogens is 328 g/mol. The highest BCUT2D eigenvalue weighted by Gasteiger charge is 2.58. The molecule has 132 valence electrons. The number of likely N-dealkylation sites (tertiary alicyclic amines) is 1. The molecule has 3 heterocycles. The highest BCUT2D eigenvalue weighted by molar-refractivity contribution is 5.87. The van der Waals surface area contributed by atoms with E-state index in [1.165, 1.54) is 6.08 Å². The highest BCUT2D eigenvalue weighted by Crippen LogP contribution is 2.56. The fraction of sp³-hybridized carbons (Fsp3) is 0.471. The van der Waals surface area contributed by atoms with Crippen LogP contribution >= 0.6 is 0 Å². The summed E-state index contributed by atoms with van der Waals surface area (Å²) in [6.45, 7) is 4.81. The molecule has 1 atom stereocenters. The van der Waals surface area contributed by atoms with Crippen molar-refractivity contribution < 1.29 is 13.6 Å². The molecule has 1 amide bonds. The molecule has 2 aliphatic rings. The van der Waals surface area contributed by atoms with Crippen molar-refractivity contribution in [2.24, 2.45) is 0 Å². The lowest BCUT2D eigenvalue weighted by molar-refractivity contribution is -0.126. The van der Waals surface area contributed by atoms with Crippen LogP contribution in [0.15, 0.2) is 25.0 Å². The summed E-state index contributed by atoms with van der Waals surface area (Å²) in [6, 6.07) is 0.172. The van der Waals surface area contributed by atoms with Crippen molar-refractivity contribution in [1.29, 1.82) is 0 Å². The number of amides is 1. The lowest BCUT2D eigenvalue weighted by atomic mass is 10.1. The topological polar surface area (TPSA) is 73.9 Å². The number of rotatable bonds is 4. The number of piperidine rings is 1. The zero-order valence-electron chi connectivity index (χ0n) is 13.6. The van der Waals surface area contributed by atoms with Crippen LogP contribution in [-0.4, -0.2) is 50.8 Å². The molecule has 6 nitrogen and oxygen atoms in total. The van der Waals surface area contributed by atoms with Gasteiger partial charge in [0.2, 0.25) is 5.91 Å². The zero-order valence-corrected chi connectivity index (χ0v) is 13.6. The summed E-state index contributed by atoms with van der Waals surface area (Å²) in [7, 11) is 0. The summed E-state index contributed by atoms with van der Waals surface area (Å²) in [5.41, 5.74) is 1.56. The molecule has 2 aromatic heterocycles. The number of carbonyl (C=O) groups is 1. The van der Waals surface area contributed by atoms with E-state index in [1.54, 1.807) is 17.3 Å². The Morgan fingerprint density at radius 3 is 2.80 bits per heavy atom. The Labute approximate surface area is 143 Å². The van der Waals surface area contributed by atoms with Gasteiger partial charge in [0.05, 0.1) is 12.1 Å². The Morgan fingerprint density at radius 2 is 2.16 bits per heavy atom. The van der Waals surface area contributed by atoms with Gasteiger partial charge in [-0.3, -0.25) is 4.79 Å². The van der Waals surface area contributed by atoms with E-state index in [-0.39, 0.29) is 18.4 Å². The van der Waals surface area contributed by atoms with Crippen molar-refractivity contribution in [2.75, 3.05) is 18.4 Å². The monoisotopic (exact) mass is 347 g/mol. The second kappa shape index (κ2) is 5.79. The third kappa shape index (κ3) is 2.96. The molecule has 2 aromatic rings. The van der Waals surface area contributed by atoms with E-state index in [4.69, 9.17) is 0 Å². The Balaban J connectivity index is 1.47. The van der Waals surface area contributed by atoms with Crippen LogP contribution in [0.2, 0.25) is 0 Å². The summed E-state index contributed by atoms with van der Waals surface area (Å²) in [5.74, 6) is -2.88. The largest absolute Gasteiger partial charge is 0.366 e. The number of aromatic amines is 1. The van der Waals surface area contributed by atoms with Crippen molar-refractivity contribution >= 4 is 22.9 Å². The number of halogens is 2. The molecule has 1 aliphatic carbocycles. The highest BCUT2D eigenvalue weighted by atomic mass is 19.3. The van der Waals surface area contributed by atoms with E-state index in [0.29, 0.717) is 35.6 Å². The molecule has 25 heavy (non-hydrogen) atoms. The maximum Gasteiger partial charge on any atom is 0.256 e. The molecular formula is C17H19F2N5O. The molecule has 0 unspecified atom stereocenters. The standard InChI is InChI=1S/C17H19F2N5O/c1-2-14(25)24-5-3-10(4-6-24)22-13-9-21-16-15(23-13)11(8-20-16)12-7-17(12,18)19/h2,8-10,12H,1,3-7H2,(H,20,21)(H,22,23)/t12-/m0/s1. The molecule has 1 saturated carbocycles. The van der Waals surface area contributed by atoms with Crippen LogP contribution < -0.4 is 5.32 Å². The Hall–Kier alpha value is -2.51. The minimum Gasteiger partial charge on any atom is -0.366 e. The number of carbonyl (C=O) groups excluding carboxylic acids is 1. The molecule has 1 aliphatic heterocycles. The van der Waals surface area contributed by atoms with Crippen molar-refractivity contribution in [3.8, 4) is 0 Å². The maximum absolute atomic E-state index is 13.4. The Bertz CT molecular complexity index is 826. The molecule has 2 N–H and O–H groups in total. The van der Waals surface area contributed by atoms with Crippen LogP contribution in [0.5, 0.6) is 0 Å². The van der Waals surface area contributed by atoms with Gasteiger partial charge in [-0.15, -0.1) is 0 Å². The quantitative estimate of drug-likeness (QED) is 0.834. The smallest absolute Gasteiger partial charge is 0.256 e. The summed E-state index contributed by atoms with van der Waals surface area (Å²) in [5, 5.41) is 3.31. The van der Waals surface area contributed by atoms with E-state index in [9.17, 15) is 13.6 Å². The first kappa shape index (κ1) is 16.0. The van der Waals surface area contributed by atoms with Gasteiger partial charge in [-0.05, 0) is 18.9 Å². The van der Waals surface area contributed by atoms with Gasteiger partial charge < -0.3 is 15.2 Å². The van der Waals surface area contributed by atoms with Crippen LogP contribution in [-0.2, 0) is 4.79 Å². The van der Waals surface area contributed by atoms with Crippen molar-refractivity contribution in [3.05, 3.63) is 30.6 Å². The Morgan fingerprint density at radius 1 is 1.44 bits per heavy atom. The minimum atomic E-state index is -2.63. The number of hydrogen-bond donors (Lipinski definition) is 2. The maximum atomic E-state index is 13.4. The second-order valence-corrected chi connectivity index (χ2v) is 6.66. The molecule has 2 fully saturated rings. The summed E-state index contributed by atoms with van der Waals surface area (Å²) >= 11 is 0. The third-order valence-corrected chi connectivity index (χ3v) is 4.94. The van der Waals surface area contributed by atoms with Crippen molar-refractivity contribution in [3.63, 3.8) is 0 Å². The molecule has 0 bridgehead atoms. The van der Waals surface area contributed by atoms with E-state index in [0.717, 1.165) is 12.8 Å². The molecule has 0 radical (unpaired) electrons. The number of nitrogens with zero attached hydrogens (tertiary/aromatic N) is 3. The lowest BCUT2D eigenvalue weighted by Gasteiger charge is -2.31. The molecule has 0 spiro atoms. The summed E-state index contributed by atoms with van der Waals surface area (Å²) in [4.78, 5) is 25.1. The van der Waals surface area contributed by atoms with Crippen LogP contribution in [0.1, 0.15) is 30.7 Å². The summed E-state index contributed by atoms with van der Waals surface area (Å²) in [6.07, 6.45) is 5.97. The van der Waals surface area contributed by atoms with Crippen molar-refractivity contribution in [2.45, 2.75) is 37.1 Å². The Kier molecular flexibility index (Phi) is 3.70. The van der Waals surface area contributed by atoms with Gasteiger partial charge in [-0.25, -0.2) is 18.7 Å². The molecule has 4 rings (SSSR count). The SMILES string of the molecule is C=CC(=O)N1CCC(Nc2cnc3[nH]cc([C@@H]4CC4(F)F)c3n2)CC1. The van der Waals surface area contributed by atoms with E-state index in [1.807, 2.05) is 0 Å². The third-order valence-electron chi connectivity index (χ3n) is 4.94. The van der Waals surface area contributed by atoms with Gasteiger partial charge in [0.15, 0.2) is 5.65 Å². The van der Waals surface area contributed by atoms with Gasteiger partial charge in [-0.1, -0.05) is 6.58 Å². The van der Waals surface area contributed by atoms with Crippen LogP contribution in [0.4, 0.5) is 14.6 Å². The summed E-state index contributed by atoms with van der Waals surface area (Å²) < 4.78 is 26.8. The first-order valence-corrected chi connectivity index (χ1v) is 8.37. The van der Waals surface area contributed by atoms with Crippen LogP contribution in [0.25, 0.3) is 11.2 Å². The van der Waals surface area contributed by atoms with Crippen LogP contribution in [0, 0.1) is 0 Å². The lowest BCUT2D eigenvalue weighted by Crippen LogP contribution is -2.41. The van der Waals surface area contributed by atoms with Gasteiger partial charge in [0.25, 0.3) is 5.92 Å². The predicted octanol–water partition coefficient (Wildman–Crippen LogP) is 2.67. The molecule has 8 heteroatoms. The normalized spacial score (nSPS) is 22.8. The first-order valence-electron chi connectivity index (χ1n) is 8.37. The van der Waals surface area contributed by atoms with Crippen LogP contribution in [0.3, 0.4) is 0 Å². The number of alkyl halides is 2. The fourth-order valence-electron chi connectivity index (χ4n) is 3.38. The average molecular weight is 347 g/mol. The van der Waals surface area contributed by atoms with E-state index >= 15 is 0 Å². The average Bonchev–Trinajstić information content (AvgIpc) is 3.05. The second-order valence-electron chi connectivity index (χ2n) is 6.66. The minimum absolute atomic E-state index is 0.0537. The fourth-order valence-corrected chi connectivity index (χ4v) is 3.38. The zero-order chi connectivity index (χ0) is 17.6. The van der Waals surface area contributed by atoms with Gasteiger partial charge in [-0.2, -0.15) is 0 Å². The number of fused-ring (bicyclic) bond motifs is 1. The van der Waals surface area contributed by atoms with E-state index < -0.39 is 11.8 Å². The van der Waals surface area contributed by atoms with Gasteiger partial charge >= 0.3 is 0 Å².